The molecule has 1 amide bonds. The van der Waals surface area contributed by atoms with Crippen molar-refractivity contribution in [3.05, 3.63) is 42.5 Å². The molecule has 0 aliphatic rings. The number of nitrogens with zero attached hydrogens (tertiary/aromatic N) is 3. The Morgan fingerprint density at radius 1 is 0.923 bits per heavy atom. The predicted molar refractivity (Wildman–Crippen MR) is 155 cm³/mol. The summed E-state index contributed by atoms with van der Waals surface area (Å²) in [5.41, 5.74) is 4.73. The van der Waals surface area contributed by atoms with Gasteiger partial charge in [0, 0.05) is 32.2 Å². The standard InChI is InChI=1S/C30H41N5O3.HI/c1-6-34(7-2)18-16-31-27(36)21-37-22-14-15-26-24(20-22)29-30(38-26)28(32-17-19-35(8-3)9-4)23-12-10-11-13-25(23)33(29)5;/h10-15,20H,6-9,16-19,21H2,1-5H3,(H,31,36);1H. The minimum atomic E-state index is -0.120. The molecule has 0 saturated carbocycles. The number of carbonyl (C=O) groups is 1. The molecule has 0 aliphatic carbocycles. The summed E-state index contributed by atoms with van der Waals surface area (Å²) >= 11 is 0. The highest BCUT2D eigenvalue weighted by Gasteiger charge is 2.25. The maximum Gasteiger partial charge on any atom is 0.261 e. The molecule has 0 unspecified atom stereocenters. The van der Waals surface area contributed by atoms with Gasteiger partial charge in [0.2, 0.25) is 11.1 Å². The van der Waals surface area contributed by atoms with Crippen LogP contribution in [0.15, 0.2) is 46.9 Å². The summed E-state index contributed by atoms with van der Waals surface area (Å²) in [5, 5.41) is 8.70. The smallest absolute Gasteiger partial charge is 0.261 e. The number of aryl methyl sites for hydroxylation is 1. The number of pyridine rings is 1. The summed E-state index contributed by atoms with van der Waals surface area (Å²) < 4.78 is 14.5. The fourth-order valence-electron chi connectivity index (χ4n) is 5.02. The number of hydrogen-bond donors (Lipinski definition) is 2. The molecular weight excluding hydrogens is 605 g/mol. The number of halogens is 1. The fourth-order valence-corrected chi connectivity index (χ4v) is 5.02. The first kappa shape index (κ1) is 30.9. The van der Waals surface area contributed by atoms with Crippen LogP contribution >= 0.6 is 0 Å². The Hall–Kier alpha value is -2.63. The Balaban J connectivity index is 0.00000420. The van der Waals surface area contributed by atoms with Gasteiger partial charge in [-0.1, -0.05) is 39.8 Å². The molecule has 212 valence electrons. The van der Waals surface area contributed by atoms with E-state index in [2.05, 4.69) is 84.0 Å². The monoisotopic (exact) mass is 647 g/mol. The van der Waals surface area contributed by atoms with E-state index in [1.807, 2.05) is 18.2 Å². The number of para-hydroxylation sites is 1. The number of likely N-dealkylation sites (N-methyl/N-ethyl adjacent to an activating group) is 2. The average molecular weight is 648 g/mol. The second-order valence-electron chi connectivity index (χ2n) is 9.51. The first-order chi connectivity index (χ1) is 18.5. The molecule has 0 atom stereocenters. The van der Waals surface area contributed by atoms with E-state index in [-0.39, 0.29) is 36.5 Å². The van der Waals surface area contributed by atoms with Crippen LogP contribution in [0.4, 0.5) is 5.69 Å². The number of furan rings is 1. The zero-order valence-electron chi connectivity index (χ0n) is 23.8. The topological polar surface area (TPSA) is 73.9 Å². The number of nitrogens with one attached hydrogen (secondary N) is 2. The predicted octanol–water partition coefficient (Wildman–Crippen LogP) is 1.16. The van der Waals surface area contributed by atoms with Crippen molar-refractivity contribution in [3.8, 4) is 5.75 Å². The Morgan fingerprint density at radius 2 is 1.59 bits per heavy atom. The van der Waals surface area contributed by atoms with E-state index in [9.17, 15) is 4.79 Å². The summed E-state index contributed by atoms with van der Waals surface area (Å²) in [6.45, 7) is 15.8. The number of carbonyl (C=O) groups excluding carboxylic acids is 1. The van der Waals surface area contributed by atoms with E-state index >= 15 is 0 Å². The highest BCUT2D eigenvalue weighted by Crippen LogP contribution is 2.37. The molecule has 0 spiro atoms. The van der Waals surface area contributed by atoms with Gasteiger partial charge in [0.1, 0.15) is 18.4 Å². The summed E-state index contributed by atoms with van der Waals surface area (Å²) in [6, 6.07) is 14.1. The molecule has 8 nitrogen and oxygen atoms in total. The molecule has 0 radical (unpaired) electrons. The van der Waals surface area contributed by atoms with Crippen LogP contribution in [0.25, 0.3) is 33.0 Å². The number of aromatic nitrogens is 1. The van der Waals surface area contributed by atoms with Crippen molar-refractivity contribution in [2.24, 2.45) is 7.05 Å². The number of hydrogen-bond acceptors (Lipinski definition) is 6. The Bertz CT molecular complexity index is 1380. The molecule has 4 aromatic rings. The lowest BCUT2D eigenvalue weighted by Gasteiger charge is -2.18. The molecule has 0 fully saturated rings. The number of benzene rings is 2. The largest absolute Gasteiger partial charge is 1.00 e. The van der Waals surface area contributed by atoms with E-state index in [1.165, 1.54) is 0 Å². The first-order valence-electron chi connectivity index (χ1n) is 13.9. The van der Waals surface area contributed by atoms with Crippen molar-refractivity contribution in [1.29, 1.82) is 0 Å². The Kier molecular flexibility index (Phi) is 11.6. The van der Waals surface area contributed by atoms with Gasteiger partial charge in [-0.3, -0.25) is 4.79 Å². The molecule has 2 heterocycles. The van der Waals surface area contributed by atoms with Gasteiger partial charge in [0.05, 0.1) is 16.5 Å². The summed E-state index contributed by atoms with van der Waals surface area (Å²) in [6.07, 6.45) is 0. The highest BCUT2D eigenvalue weighted by molar-refractivity contribution is 6.11. The third kappa shape index (κ3) is 7.12. The van der Waals surface area contributed by atoms with Crippen molar-refractivity contribution < 1.29 is 42.5 Å². The zero-order chi connectivity index (χ0) is 27.1. The van der Waals surface area contributed by atoms with Crippen LogP contribution in [0.2, 0.25) is 0 Å². The van der Waals surface area contributed by atoms with Gasteiger partial charge in [0.25, 0.3) is 11.4 Å². The first-order valence-corrected chi connectivity index (χ1v) is 13.9. The third-order valence-electron chi connectivity index (χ3n) is 7.37. The lowest BCUT2D eigenvalue weighted by molar-refractivity contribution is -0.616. The maximum absolute atomic E-state index is 12.3. The molecule has 9 heteroatoms. The maximum atomic E-state index is 12.3. The van der Waals surface area contributed by atoms with Crippen molar-refractivity contribution in [3.63, 3.8) is 0 Å². The average Bonchev–Trinajstić information content (AvgIpc) is 3.33. The number of anilines is 1. The molecule has 0 bridgehead atoms. The van der Waals surface area contributed by atoms with Crippen molar-refractivity contribution >= 4 is 44.6 Å². The third-order valence-corrected chi connectivity index (χ3v) is 7.37. The Labute approximate surface area is 248 Å². The van der Waals surface area contributed by atoms with Crippen LogP contribution in [0.5, 0.6) is 5.75 Å². The van der Waals surface area contributed by atoms with Crippen LogP contribution in [0, 0.1) is 0 Å². The minimum Gasteiger partial charge on any atom is -1.00 e. The van der Waals surface area contributed by atoms with Gasteiger partial charge in [-0.25, -0.2) is 0 Å². The van der Waals surface area contributed by atoms with Gasteiger partial charge >= 0.3 is 0 Å². The van der Waals surface area contributed by atoms with Gasteiger partial charge in [-0.2, -0.15) is 4.57 Å². The molecule has 4 rings (SSSR count). The van der Waals surface area contributed by atoms with E-state index in [0.29, 0.717) is 12.3 Å². The number of ether oxygens (including phenoxy) is 1. The van der Waals surface area contributed by atoms with Crippen LogP contribution < -0.4 is 43.9 Å². The number of rotatable bonds is 14. The van der Waals surface area contributed by atoms with Crippen molar-refractivity contribution in [2.75, 3.05) is 64.3 Å². The molecule has 2 N–H and O–H groups in total. The molecule has 39 heavy (non-hydrogen) atoms. The molecule has 2 aromatic heterocycles. The SMILES string of the molecule is CCN(CC)CCNC(=O)COc1ccc2oc3c(NCCN(CC)CC)c4ccccc4[n+](C)c3c2c1.[I-]. The molecule has 0 saturated heterocycles. The van der Waals surface area contributed by atoms with E-state index < -0.39 is 0 Å². The van der Waals surface area contributed by atoms with Gasteiger partial charge < -0.3 is 53.6 Å². The number of fused-ring (bicyclic) bond motifs is 4. The van der Waals surface area contributed by atoms with Crippen molar-refractivity contribution in [2.45, 2.75) is 27.7 Å². The van der Waals surface area contributed by atoms with Crippen LogP contribution in [0.3, 0.4) is 0 Å². The zero-order valence-corrected chi connectivity index (χ0v) is 26.0. The van der Waals surface area contributed by atoms with E-state index in [4.69, 9.17) is 9.15 Å². The van der Waals surface area contributed by atoms with Crippen LogP contribution in [-0.2, 0) is 11.8 Å². The second-order valence-corrected chi connectivity index (χ2v) is 9.51. The normalized spacial score (nSPS) is 11.5. The highest BCUT2D eigenvalue weighted by atomic mass is 127. The minimum absolute atomic E-state index is 0. The van der Waals surface area contributed by atoms with Crippen molar-refractivity contribution in [1.82, 2.24) is 15.1 Å². The van der Waals surface area contributed by atoms with E-state index in [0.717, 1.165) is 84.5 Å². The van der Waals surface area contributed by atoms with Crippen LogP contribution in [-0.4, -0.2) is 74.7 Å². The van der Waals surface area contributed by atoms with Crippen LogP contribution in [0.1, 0.15) is 27.7 Å². The second kappa shape index (κ2) is 14.7. The van der Waals surface area contributed by atoms with Gasteiger partial charge in [0.15, 0.2) is 6.61 Å². The lowest BCUT2D eigenvalue weighted by Crippen LogP contribution is -3.00. The summed E-state index contributed by atoms with van der Waals surface area (Å²) in [5.74, 6) is 0.522. The summed E-state index contributed by atoms with van der Waals surface area (Å²) in [7, 11) is 2.07. The molecular formula is C30H42IN5O3. The molecule has 0 aliphatic heterocycles. The fraction of sp³-hybridized carbons (Fsp3) is 0.467. The molecule has 2 aromatic carbocycles. The van der Waals surface area contributed by atoms with Gasteiger partial charge in [-0.15, -0.1) is 0 Å². The number of amides is 1. The quantitative estimate of drug-likeness (QED) is 0.158. The Morgan fingerprint density at radius 3 is 2.28 bits per heavy atom. The van der Waals surface area contributed by atoms with Gasteiger partial charge in [-0.05, 0) is 50.4 Å². The van der Waals surface area contributed by atoms with E-state index in [1.54, 1.807) is 0 Å². The lowest BCUT2D eigenvalue weighted by atomic mass is 10.1. The summed E-state index contributed by atoms with van der Waals surface area (Å²) in [4.78, 5) is 17.0.